The van der Waals surface area contributed by atoms with Gasteiger partial charge in [-0.05, 0) is 36.8 Å². The molecular formula is C22H23F3N2O4. The van der Waals surface area contributed by atoms with Crippen LogP contribution >= 0.6 is 0 Å². The molecule has 2 aromatic carbocycles. The van der Waals surface area contributed by atoms with Crippen LogP contribution in [0.5, 0.6) is 11.5 Å². The molecule has 2 amide bonds. The zero-order valence-corrected chi connectivity index (χ0v) is 17.3. The lowest BCUT2D eigenvalue weighted by atomic mass is 10.0. The number of hydrogen-bond acceptors (Lipinski definition) is 4. The second kappa shape index (κ2) is 8.87. The van der Waals surface area contributed by atoms with E-state index in [1.807, 2.05) is 0 Å². The van der Waals surface area contributed by atoms with Gasteiger partial charge in [0.15, 0.2) is 0 Å². The molecular weight excluding hydrogens is 413 g/mol. The number of methoxy groups -OCH3 is 2. The maximum Gasteiger partial charge on any atom is 0.416 e. The standard InChI is InChI=1S/C22H23F3N2O4/c1-13(14-5-4-6-16(9-14)22(23,24)25)26-21(29)15-10-20(28)27(12-15)18-8-7-17(30-2)11-19(18)31-3/h4-9,11,13,15H,10,12H2,1-3H3,(H,26,29)/t13-,15+/m1/s1. The zero-order chi connectivity index (χ0) is 22.8. The molecule has 3 rings (SSSR count). The van der Waals surface area contributed by atoms with Crippen LogP contribution in [0.3, 0.4) is 0 Å². The Morgan fingerprint density at radius 3 is 2.55 bits per heavy atom. The smallest absolute Gasteiger partial charge is 0.416 e. The summed E-state index contributed by atoms with van der Waals surface area (Å²) < 4.78 is 49.3. The van der Waals surface area contributed by atoms with Crippen LogP contribution in [-0.4, -0.2) is 32.6 Å². The summed E-state index contributed by atoms with van der Waals surface area (Å²) in [5.74, 6) is -0.265. The van der Waals surface area contributed by atoms with Gasteiger partial charge in [0.2, 0.25) is 11.8 Å². The number of halogens is 3. The first-order chi connectivity index (χ1) is 14.6. The molecule has 1 saturated heterocycles. The number of benzene rings is 2. The van der Waals surface area contributed by atoms with E-state index in [9.17, 15) is 22.8 Å². The number of nitrogens with one attached hydrogen (secondary N) is 1. The van der Waals surface area contributed by atoms with E-state index < -0.39 is 29.6 Å². The van der Waals surface area contributed by atoms with E-state index in [1.165, 1.54) is 31.3 Å². The second-order valence-corrected chi connectivity index (χ2v) is 7.30. The summed E-state index contributed by atoms with van der Waals surface area (Å²) in [5, 5.41) is 2.72. The van der Waals surface area contributed by atoms with Crippen molar-refractivity contribution >= 4 is 17.5 Å². The maximum absolute atomic E-state index is 12.9. The molecule has 6 nitrogen and oxygen atoms in total. The van der Waals surface area contributed by atoms with E-state index in [0.717, 1.165) is 12.1 Å². The molecule has 1 fully saturated rings. The number of nitrogens with zero attached hydrogens (tertiary/aromatic N) is 1. The molecule has 0 spiro atoms. The molecule has 1 aliphatic heterocycles. The molecule has 2 aromatic rings. The summed E-state index contributed by atoms with van der Waals surface area (Å²) in [4.78, 5) is 26.8. The van der Waals surface area contributed by atoms with Gasteiger partial charge in [0.1, 0.15) is 11.5 Å². The van der Waals surface area contributed by atoms with Crippen LogP contribution < -0.4 is 19.7 Å². The van der Waals surface area contributed by atoms with E-state index in [1.54, 1.807) is 25.1 Å². The number of alkyl halides is 3. The van der Waals surface area contributed by atoms with Gasteiger partial charge in [-0.25, -0.2) is 0 Å². The second-order valence-electron chi connectivity index (χ2n) is 7.30. The van der Waals surface area contributed by atoms with Crippen molar-refractivity contribution in [3.63, 3.8) is 0 Å². The normalized spacial score (nSPS) is 17.4. The lowest BCUT2D eigenvalue weighted by molar-refractivity contribution is -0.137. The molecule has 0 unspecified atom stereocenters. The summed E-state index contributed by atoms with van der Waals surface area (Å²) in [7, 11) is 2.99. The first kappa shape index (κ1) is 22.5. The first-order valence-electron chi connectivity index (χ1n) is 9.64. The minimum atomic E-state index is -4.46. The highest BCUT2D eigenvalue weighted by molar-refractivity contribution is 6.01. The molecule has 0 aromatic heterocycles. The number of carbonyl (C=O) groups excluding carboxylic acids is 2. The fourth-order valence-corrected chi connectivity index (χ4v) is 3.52. The third kappa shape index (κ3) is 4.92. The first-order valence-corrected chi connectivity index (χ1v) is 9.64. The van der Waals surface area contributed by atoms with Crippen LogP contribution in [0, 0.1) is 5.92 Å². The van der Waals surface area contributed by atoms with E-state index in [0.29, 0.717) is 22.7 Å². The minimum absolute atomic E-state index is 0.00364. The van der Waals surface area contributed by atoms with Crippen molar-refractivity contribution in [2.75, 3.05) is 25.7 Å². The Bertz CT molecular complexity index is 977. The van der Waals surface area contributed by atoms with Crippen LogP contribution in [-0.2, 0) is 15.8 Å². The zero-order valence-electron chi connectivity index (χ0n) is 17.3. The maximum atomic E-state index is 12.9. The summed E-state index contributed by atoms with van der Waals surface area (Å²) in [6.07, 6.45) is -4.47. The highest BCUT2D eigenvalue weighted by atomic mass is 19.4. The molecule has 0 radical (unpaired) electrons. The van der Waals surface area contributed by atoms with E-state index in [2.05, 4.69) is 5.32 Å². The van der Waals surface area contributed by atoms with Gasteiger partial charge in [-0.1, -0.05) is 12.1 Å². The van der Waals surface area contributed by atoms with Crippen molar-refractivity contribution < 1.29 is 32.2 Å². The monoisotopic (exact) mass is 436 g/mol. The molecule has 0 saturated carbocycles. The van der Waals surface area contributed by atoms with E-state index in [-0.39, 0.29) is 18.9 Å². The van der Waals surface area contributed by atoms with Crippen molar-refractivity contribution in [1.82, 2.24) is 5.32 Å². The van der Waals surface area contributed by atoms with Gasteiger partial charge < -0.3 is 19.7 Å². The number of carbonyl (C=O) groups is 2. The number of amides is 2. The minimum Gasteiger partial charge on any atom is -0.497 e. The topological polar surface area (TPSA) is 67.9 Å². The Labute approximate surface area is 177 Å². The predicted octanol–water partition coefficient (Wildman–Crippen LogP) is 3.95. The average molecular weight is 436 g/mol. The van der Waals surface area contributed by atoms with Gasteiger partial charge >= 0.3 is 6.18 Å². The van der Waals surface area contributed by atoms with E-state index >= 15 is 0 Å². The third-order valence-electron chi connectivity index (χ3n) is 5.25. The summed E-state index contributed by atoms with van der Waals surface area (Å²) in [6, 6.07) is 9.19. The van der Waals surface area contributed by atoms with Crippen LogP contribution in [0.4, 0.5) is 18.9 Å². The van der Waals surface area contributed by atoms with Crippen LogP contribution in [0.2, 0.25) is 0 Å². The molecule has 31 heavy (non-hydrogen) atoms. The van der Waals surface area contributed by atoms with Crippen molar-refractivity contribution in [2.45, 2.75) is 25.6 Å². The van der Waals surface area contributed by atoms with Gasteiger partial charge in [-0.3, -0.25) is 9.59 Å². The quantitative estimate of drug-likeness (QED) is 0.745. The molecule has 9 heteroatoms. The SMILES string of the molecule is COc1ccc(N2C[C@@H](C(=O)N[C@H](C)c3cccc(C(F)(F)F)c3)CC2=O)c(OC)c1. The predicted molar refractivity (Wildman–Crippen MR) is 108 cm³/mol. The molecule has 1 aliphatic rings. The number of rotatable bonds is 6. The van der Waals surface area contributed by atoms with Gasteiger partial charge in [-0.2, -0.15) is 13.2 Å². The summed E-state index contributed by atoms with van der Waals surface area (Å²) in [6.45, 7) is 1.75. The summed E-state index contributed by atoms with van der Waals surface area (Å²) >= 11 is 0. The number of anilines is 1. The Morgan fingerprint density at radius 1 is 1.16 bits per heavy atom. The highest BCUT2D eigenvalue weighted by Gasteiger charge is 2.37. The van der Waals surface area contributed by atoms with Crippen LogP contribution in [0.25, 0.3) is 0 Å². The largest absolute Gasteiger partial charge is 0.497 e. The molecule has 2 atom stereocenters. The molecule has 0 aliphatic carbocycles. The Morgan fingerprint density at radius 2 is 1.90 bits per heavy atom. The van der Waals surface area contributed by atoms with Crippen LogP contribution in [0.1, 0.15) is 30.5 Å². The third-order valence-corrected chi connectivity index (χ3v) is 5.25. The Hall–Kier alpha value is -3.23. The Balaban J connectivity index is 1.71. The molecule has 0 bridgehead atoms. The average Bonchev–Trinajstić information content (AvgIpc) is 3.14. The fraction of sp³-hybridized carbons (Fsp3) is 0.364. The lowest BCUT2D eigenvalue weighted by Gasteiger charge is -2.21. The molecule has 166 valence electrons. The van der Waals surface area contributed by atoms with Crippen molar-refractivity contribution in [2.24, 2.45) is 5.92 Å². The van der Waals surface area contributed by atoms with Gasteiger partial charge in [0, 0.05) is 19.0 Å². The fourth-order valence-electron chi connectivity index (χ4n) is 3.52. The Kier molecular flexibility index (Phi) is 6.42. The highest BCUT2D eigenvalue weighted by Crippen LogP contribution is 2.36. The van der Waals surface area contributed by atoms with Gasteiger partial charge in [0.25, 0.3) is 0 Å². The van der Waals surface area contributed by atoms with Crippen molar-refractivity contribution in [3.05, 3.63) is 53.6 Å². The van der Waals surface area contributed by atoms with Crippen LogP contribution in [0.15, 0.2) is 42.5 Å². The summed E-state index contributed by atoms with van der Waals surface area (Å²) in [5.41, 5.74) is 0.0793. The lowest BCUT2D eigenvalue weighted by Crippen LogP contribution is -2.34. The van der Waals surface area contributed by atoms with Crippen molar-refractivity contribution in [1.29, 1.82) is 0 Å². The molecule has 1 heterocycles. The van der Waals surface area contributed by atoms with Crippen molar-refractivity contribution in [3.8, 4) is 11.5 Å². The van der Waals surface area contributed by atoms with E-state index in [4.69, 9.17) is 9.47 Å². The van der Waals surface area contributed by atoms with Gasteiger partial charge in [-0.15, -0.1) is 0 Å². The number of hydrogen-bond donors (Lipinski definition) is 1. The number of ether oxygens (including phenoxy) is 2. The molecule has 1 N–H and O–H groups in total. The van der Waals surface area contributed by atoms with Gasteiger partial charge in [0.05, 0.1) is 37.4 Å².